The number of nitrogens with zero attached hydrogens (tertiary/aromatic N) is 3. The molecule has 0 amide bonds. The van der Waals surface area contributed by atoms with Gasteiger partial charge in [0, 0.05) is 26.1 Å². The lowest BCUT2D eigenvalue weighted by atomic mass is 10.1. The summed E-state index contributed by atoms with van der Waals surface area (Å²) in [5, 5.41) is 16.3. The van der Waals surface area contributed by atoms with Gasteiger partial charge in [0.25, 0.3) is 0 Å². The zero-order chi connectivity index (χ0) is 15.5. The zero-order valence-corrected chi connectivity index (χ0v) is 12.8. The van der Waals surface area contributed by atoms with Gasteiger partial charge in [0.05, 0.1) is 4.90 Å². The number of benzene rings is 1. The van der Waals surface area contributed by atoms with Crippen LogP contribution in [0.15, 0.2) is 35.5 Å². The number of hydrogen-bond acceptors (Lipinski definition) is 5. The fourth-order valence-electron chi connectivity index (χ4n) is 2.00. The summed E-state index contributed by atoms with van der Waals surface area (Å²) >= 11 is 0. The molecule has 3 N–H and O–H groups in total. The molecule has 1 atom stereocenters. The highest BCUT2D eigenvalue weighted by Gasteiger charge is 2.10. The Morgan fingerprint density at radius 2 is 2.00 bits per heavy atom. The highest BCUT2D eigenvalue weighted by molar-refractivity contribution is 7.89. The summed E-state index contributed by atoms with van der Waals surface area (Å²) in [6.07, 6.45) is 2.45. The molecule has 8 heteroatoms. The minimum absolute atomic E-state index is 0.104. The van der Waals surface area contributed by atoms with Gasteiger partial charge in [-0.1, -0.05) is 12.1 Å². The Labute approximate surface area is 124 Å². The van der Waals surface area contributed by atoms with E-state index in [9.17, 15) is 8.42 Å². The van der Waals surface area contributed by atoms with Crippen molar-refractivity contribution in [3.8, 4) is 0 Å². The van der Waals surface area contributed by atoms with E-state index >= 15 is 0 Å². The highest BCUT2D eigenvalue weighted by Crippen LogP contribution is 2.15. The van der Waals surface area contributed by atoms with Gasteiger partial charge in [-0.3, -0.25) is 0 Å². The first kappa shape index (κ1) is 15.6. The predicted octanol–water partition coefficient (Wildman–Crippen LogP) is 0.356. The van der Waals surface area contributed by atoms with E-state index in [1.54, 1.807) is 18.5 Å². The SMILES string of the molecule is CC(NCCc1nncn1C)c1ccc(S(N)(=O)=O)cc1. The normalized spacial score (nSPS) is 13.3. The Balaban J connectivity index is 1.91. The Morgan fingerprint density at radius 3 is 2.52 bits per heavy atom. The second-order valence-corrected chi connectivity index (χ2v) is 6.46. The lowest BCUT2D eigenvalue weighted by Gasteiger charge is -2.14. The van der Waals surface area contributed by atoms with Crippen molar-refractivity contribution in [3.05, 3.63) is 42.0 Å². The predicted molar refractivity (Wildman–Crippen MR) is 78.9 cm³/mol. The van der Waals surface area contributed by atoms with E-state index in [4.69, 9.17) is 5.14 Å². The first-order valence-electron chi connectivity index (χ1n) is 6.57. The molecule has 1 aromatic carbocycles. The van der Waals surface area contributed by atoms with Crippen molar-refractivity contribution in [1.29, 1.82) is 0 Å². The van der Waals surface area contributed by atoms with Gasteiger partial charge in [0.15, 0.2) is 0 Å². The van der Waals surface area contributed by atoms with Gasteiger partial charge in [-0.15, -0.1) is 10.2 Å². The number of aryl methyl sites for hydroxylation is 1. The monoisotopic (exact) mass is 309 g/mol. The first-order valence-corrected chi connectivity index (χ1v) is 8.11. The Morgan fingerprint density at radius 1 is 1.33 bits per heavy atom. The number of nitrogens with two attached hydrogens (primary N) is 1. The third-order valence-electron chi connectivity index (χ3n) is 3.31. The van der Waals surface area contributed by atoms with Crippen molar-refractivity contribution in [2.75, 3.05) is 6.54 Å². The van der Waals surface area contributed by atoms with E-state index in [1.807, 2.05) is 18.5 Å². The smallest absolute Gasteiger partial charge is 0.238 e. The standard InChI is InChI=1S/C13H19N5O2S/c1-10(15-8-7-13-17-16-9-18(13)2)11-3-5-12(6-4-11)21(14,19)20/h3-6,9-10,15H,7-8H2,1-2H3,(H2,14,19,20). The number of aromatic nitrogens is 3. The summed E-state index contributed by atoms with van der Waals surface area (Å²) in [5.41, 5.74) is 1.00. The van der Waals surface area contributed by atoms with Crippen LogP contribution in [0.25, 0.3) is 0 Å². The van der Waals surface area contributed by atoms with Crippen molar-refractivity contribution in [2.24, 2.45) is 12.2 Å². The number of nitrogens with one attached hydrogen (secondary N) is 1. The molecule has 0 saturated carbocycles. The minimum atomic E-state index is -3.63. The molecule has 0 bridgehead atoms. The van der Waals surface area contributed by atoms with E-state index in [0.29, 0.717) is 0 Å². The molecular formula is C13H19N5O2S. The van der Waals surface area contributed by atoms with Gasteiger partial charge in [0.2, 0.25) is 10.0 Å². The molecule has 2 rings (SSSR count). The summed E-state index contributed by atoms with van der Waals surface area (Å²) in [4.78, 5) is 0.123. The second kappa shape index (κ2) is 6.33. The molecule has 2 aromatic rings. The maximum absolute atomic E-state index is 11.2. The lowest BCUT2D eigenvalue weighted by Crippen LogP contribution is -2.22. The Bertz CT molecular complexity index is 694. The molecule has 0 saturated heterocycles. The molecule has 0 fully saturated rings. The maximum atomic E-state index is 11.2. The molecule has 0 aliphatic rings. The van der Waals surface area contributed by atoms with Crippen LogP contribution in [0.2, 0.25) is 0 Å². The van der Waals surface area contributed by atoms with E-state index in [0.717, 1.165) is 24.4 Å². The summed E-state index contributed by atoms with van der Waals surface area (Å²) in [6.45, 7) is 2.77. The van der Waals surface area contributed by atoms with Crippen LogP contribution in [0.5, 0.6) is 0 Å². The summed E-state index contributed by atoms with van der Waals surface area (Å²) < 4.78 is 24.3. The Kier molecular flexibility index (Phi) is 4.71. The van der Waals surface area contributed by atoms with Crippen molar-refractivity contribution in [1.82, 2.24) is 20.1 Å². The third kappa shape index (κ3) is 4.10. The van der Waals surface area contributed by atoms with Gasteiger partial charge in [0.1, 0.15) is 12.2 Å². The fourth-order valence-corrected chi connectivity index (χ4v) is 2.51. The number of primary sulfonamides is 1. The van der Waals surface area contributed by atoms with E-state index in [1.165, 1.54) is 12.1 Å². The van der Waals surface area contributed by atoms with Crippen LogP contribution in [0.3, 0.4) is 0 Å². The molecule has 0 spiro atoms. The van der Waals surface area contributed by atoms with Crippen molar-refractivity contribution in [3.63, 3.8) is 0 Å². The van der Waals surface area contributed by atoms with Gasteiger partial charge in [-0.2, -0.15) is 0 Å². The molecule has 7 nitrogen and oxygen atoms in total. The molecule has 1 aromatic heterocycles. The molecule has 0 aliphatic heterocycles. The number of hydrogen-bond donors (Lipinski definition) is 2. The molecular weight excluding hydrogens is 290 g/mol. The largest absolute Gasteiger partial charge is 0.321 e. The van der Waals surface area contributed by atoms with Crippen molar-refractivity contribution >= 4 is 10.0 Å². The second-order valence-electron chi connectivity index (χ2n) is 4.90. The quantitative estimate of drug-likeness (QED) is 0.802. The first-order chi connectivity index (χ1) is 9.88. The van der Waals surface area contributed by atoms with Gasteiger partial charge in [-0.05, 0) is 24.6 Å². The molecule has 0 aliphatic carbocycles. The van der Waals surface area contributed by atoms with Crippen LogP contribution in [0, 0.1) is 0 Å². The fraction of sp³-hybridized carbons (Fsp3) is 0.385. The average Bonchev–Trinajstić information content (AvgIpc) is 2.83. The van der Waals surface area contributed by atoms with Gasteiger partial charge in [-0.25, -0.2) is 13.6 Å². The average molecular weight is 309 g/mol. The molecule has 21 heavy (non-hydrogen) atoms. The Hall–Kier alpha value is -1.77. The lowest BCUT2D eigenvalue weighted by molar-refractivity contribution is 0.564. The van der Waals surface area contributed by atoms with Crippen LogP contribution in [0.4, 0.5) is 0 Å². The number of sulfonamides is 1. The highest BCUT2D eigenvalue weighted by atomic mass is 32.2. The summed E-state index contributed by atoms with van der Waals surface area (Å²) in [7, 11) is -1.73. The van der Waals surface area contributed by atoms with Gasteiger partial charge >= 0.3 is 0 Å². The molecule has 0 radical (unpaired) electrons. The zero-order valence-electron chi connectivity index (χ0n) is 12.0. The molecule has 1 heterocycles. The van der Waals surface area contributed by atoms with Gasteiger partial charge < -0.3 is 9.88 Å². The van der Waals surface area contributed by atoms with Crippen LogP contribution < -0.4 is 10.5 Å². The topological polar surface area (TPSA) is 103 Å². The maximum Gasteiger partial charge on any atom is 0.238 e. The van der Waals surface area contributed by atoms with Crippen LogP contribution >= 0.6 is 0 Å². The minimum Gasteiger partial charge on any atom is -0.321 e. The van der Waals surface area contributed by atoms with E-state index in [2.05, 4.69) is 15.5 Å². The van der Waals surface area contributed by atoms with Crippen molar-refractivity contribution in [2.45, 2.75) is 24.3 Å². The summed E-state index contributed by atoms with van der Waals surface area (Å²) in [5.74, 6) is 0.916. The third-order valence-corrected chi connectivity index (χ3v) is 4.24. The van der Waals surface area contributed by atoms with Crippen LogP contribution in [0.1, 0.15) is 24.4 Å². The van der Waals surface area contributed by atoms with Crippen LogP contribution in [-0.4, -0.2) is 29.7 Å². The molecule has 1 unspecified atom stereocenters. The van der Waals surface area contributed by atoms with E-state index < -0.39 is 10.0 Å². The summed E-state index contributed by atoms with van der Waals surface area (Å²) in [6, 6.07) is 6.67. The van der Waals surface area contributed by atoms with Crippen molar-refractivity contribution < 1.29 is 8.42 Å². The van der Waals surface area contributed by atoms with E-state index in [-0.39, 0.29) is 10.9 Å². The van der Waals surface area contributed by atoms with Crippen LogP contribution in [-0.2, 0) is 23.5 Å². The molecule has 114 valence electrons. The number of rotatable bonds is 6.